The van der Waals surface area contributed by atoms with Crippen molar-refractivity contribution in [3.8, 4) is 0 Å². The lowest BCUT2D eigenvalue weighted by molar-refractivity contribution is 0.0594. The van der Waals surface area contributed by atoms with Gasteiger partial charge in [0, 0.05) is 18.8 Å². The number of aryl methyl sites for hydroxylation is 1. The third kappa shape index (κ3) is 2.82. The minimum Gasteiger partial charge on any atom is -0.464 e. The zero-order valence-electron chi connectivity index (χ0n) is 10.0. The lowest BCUT2D eigenvalue weighted by Gasteiger charge is -2.04. The molecule has 0 bridgehead atoms. The molecule has 0 saturated heterocycles. The van der Waals surface area contributed by atoms with Crippen molar-refractivity contribution in [1.29, 1.82) is 0 Å². The quantitative estimate of drug-likeness (QED) is 0.812. The topological polar surface area (TPSA) is 90.1 Å². The molecule has 7 nitrogen and oxygen atoms in total. The smallest absolute Gasteiger partial charge is 0.356 e. The molecule has 0 aliphatic rings. The summed E-state index contributed by atoms with van der Waals surface area (Å²) in [5.41, 5.74) is 0.972. The number of hydrogen-bond acceptors (Lipinski definition) is 7. The van der Waals surface area contributed by atoms with E-state index >= 15 is 0 Å². The van der Waals surface area contributed by atoms with Gasteiger partial charge in [0.15, 0.2) is 5.82 Å². The van der Waals surface area contributed by atoms with E-state index in [9.17, 15) is 4.79 Å². The highest BCUT2D eigenvalue weighted by atomic mass is 16.5. The van der Waals surface area contributed by atoms with Crippen LogP contribution in [0.1, 0.15) is 22.2 Å². The fourth-order valence-electron chi connectivity index (χ4n) is 1.35. The Morgan fingerprint density at radius 1 is 1.56 bits per heavy atom. The molecule has 18 heavy (non-hydrogen) atoms. The number of carbonyl (C=O) groups is 1. The second-order valence-corrected chi connectivity index (χ2v) is 3.50. The Hall–Kier alpha value is -2.44. The molecule has 2 rings (SSSR count). The van der Waals surface area contributed by atoms with E-state index in [2.05, 4.69) is 25.2 Å². The maximum Gasteiger partial charge on any atom is 0.356 e. The maximum atomic E-state index is 11.3. The van der Waals surface area contributed by atoms with Crippen LogP contribution in [0.2, 0.25) is 0 Å². The Kier molecular flexibility index (Phi) is 3.52. The number of rotatable bonds is 4. The predicted octanol–water partition coefficient (Wildman–Crippen LogP) is 1.17. The number of aromatic nitrogens is 3. The SMILES string of the molecule is COC(=O)c1cc(NCc2noc(C)n2)ccn1. The zero-order chi connectivity index (χ0) is 13.0. The van der Waals surface area contributed by atoms with Gasteiger partial charge in [-0.25, -0.2) is 9.78 Å². The van der Waals surface area contributed by atoms with Gasteiger partial charge < -0.3 is 14.6 Å². The molecule has 0 aliphatic carbocycles. The van der Waals surface area contributed by atoms with Crippen molar-refractivity contribution < 1.29 is 14.1 Å². The van der Waals surface area contributed by atoms with E-state index in [-0.39, 0.29) is 5.69 Å². The molecule has 2 aromatic heterocycles. The van der Waals surface area contributed by atoms with Gasteiger partial charge in [0.2, 0.25) is 5.89 Å². The van der Waals surface area contributed by atoms with Crippen LogP contribution in [-0.2, 0) is 11.3 Å². The standard InChI is InChI=1S/C11H12N4O3/c1-7-14-10(15-18-7)6-13-8-3-4-12-9(5-8)11(16)17-2/h3-5H,6H2,1-2H3,(H,12,13). The van der Waals surface area contributed by atoms with E-state index in [1.807, 2.05) is 0 Å². The highest BCUT2D eigenvalue weighted by Gasteiger charge is 2.08. The molecule has 7 heteroatoms. The van der Waals surface area contributed by atoms with Crippen molar-refractivity contribution in [1.82, 2.24) is 15.1 Å². The summed E-state index contributed by atoms with van der Waals surface area (Å²) in [6.45, 7) is 2.13. The molecule has 0 aromatic carbocycles. The number of pyridine rings is 1. The van der Waals surface area contributed by atoms with Crippen LogP contribution in [-0.4, -0.2) is 28.2 Å². The Morgan fingerprint density at radius 2 is 2.39 bits per heavy atom. The first-order valence-electron chi connectivity index (χ1n) is 5.26. The fourth-order valence-corrected chi connectivity index (χ4v) is 1.35. The van der Waals surface area contributed by atoms with Gasteiger partial charge in [0.25, 0.3) is 0 Å². The average molecular weight is 248 g/mol. The van der Waals surface area contributed by atoms with Gasteiger partial charge in [0.05, 0.1) is 13.7 Å². The van der Waals surface area contributed by atoms with Crippen molar-refractivity contribution in [2.45, 2.75) is 13.5 Å². The number of anilines is 1. The number of methoxy groups -OCH3 is 1. The van der Waals surface area contributed by atoms with Gasteiger partial charge >= 0.3 is 5.97 Å². The third-order valence-corrected chi connectivity index (χ3v) is 2.17. The molecule has 0 aliphatic heterocycles. The Morgan fingerprint density at radius 3 is 3.06 bits per heavy atom. The van der Waals surface area contributed by atoms with E-state index in [1.165, 1.54) is 13.3 Å². The van der Waals surface area contributed by atoms with E-state index in [0.29, 0.717) is 18.3 Å². The Bertz CT molecular complexity index is 553. The number of ether oxygens (including phenoxy) is 1. The highest BCUT2D eigenvalue weighted by molar-refractivity contribution is 5.88. The third-order valence-electron chi connectivity index (χ3n) is 2.17. The van der Waals surface area contributed by atoms with E-state index in [0.717, 1.165) is 5.69 Å². The second kappa shape index (κ2) is 5.26. The molecule has 0 amide bonds. The summed E-state index contributed by atoms with van der Waals surface area (Å²) in [4.78, 5) is 19.2. The van der Waals surface area contributed by atoms with Crippen LogP contribution in [0.15, 0.2) is 22.9 Å². The second-order valence-electron chi connectivity index (χ2n) is 3.50. The van der Waals surface area contributed by atoms with E-state index in [1.54, 1.807) is 19.1 Å². The number of nitrogens with one attached hydrogen (secondary N) is 1. The van der Waals surface area contributed by atoms with Gasteiger partial charge in [-0.15, -0.1) is 0 Å². The number of hydrogen-bond donors (Lipinski definition) is 1. The largest absolute Gasteiger partial charge is 0.464 e. The van der Waals surface area contributed by atoms with Gasteiger partial charge in [0.1, 0.15) is 5.69 Å². The first kappa shape index (κ1) is 12.0. The van der Waals surface area contributed by atoms with Crippen LogP contribution in [0, 0.1) is 6.92 Å². The highest BCUT2D eigenvalue weighted by Crippen LogP contribution is 2.10. The van der Waals surface area contributed by atoms with E-state index in [4.69, 9.17) is 4.52 Å². The van der Waals surface area contributed by atoms with Crippen molar-refractivity contribution in [3.63, 3.8) is 0 Å². The molecule has 2 heterocycles. The normalized spacial score (nSPS) is 10.1. The molecule has 2 aromatic rings. The summed E-state index contributed by atoms with van der Waals surface area (Å²) in [5, 5.41) is 6.81. The average Bonchev–Trinajstić information content (AvgIpc) is 2.81. The molecule has 0 fully saturated rings. The summed E-state index contributed by atoms with van der Waals surface area (Å²) in [6, 6.07) is 3.33. The number of nitrogens with zero attached hydrogens (tertiary/aromatic N) is 3. The molecule has 0 radical (unpaired) electrons. The van der Waals surface area contributed by atoms with Crippen molar-refractivity contribution in [3.05, 3.63) is 35.7 Å². The van der Waals surface area contributed by atoms with Crippen LogP contribution in [0.5, 0.6) is 0 Å². The van der Waals surface area contributed by atoms with Crippen molar-refractivity contribution in [2.24, 2.45) is 0 Å². The molecule has 0 unspecified atom stereocenters. The molecule has 94 valence electrons. The van der Waals surface area contributed by atoms with Crippen molar-refractivity contribution >= 4 is 11.7 Å². The molecule has 1 N–H and O–H groups in total. The minimum atomic E-state index is -0.478. The Balaban J connectivity index is 2.03. The van der Waals surface area contributed by atoms with Gasteiger partial charge in [-0.2, -0.15) is 4.98 Å². The zero-order valence-corrected chi connectivity index (χ0v) is 10.0. The number of esters is 1. The van der Waals surface area contributed by atoms with Gasteiger partial charge in [-0.1, -0.05) is 5.16 Å². The van der Waals surface area contributed by atoms with Crippen LogP contribution in [0.3, 0.4) is 0 Å². The lowest BCUT2D eigenvalue weighted by Crippen LogP contribution is -2.06. The first-order valence-corrected chi connectivity index (χ1v) is 5.26. The molecular formula is C11H12N4O3. The van der Waals surface area contributed by atoms with Crippen LogP contribution in [0.25, 0.3) is 0 Å². The maximum absolute atomic E-state index is 11.3. The molecular weight excluding hydrogens is 236 g/mol. The monoisotopic (exact) mass is 248 g/mol. The molecule has 0 saturated carbocycles. The molecule has 0 spiro atoms. The predicted molar refractivity (Wildman–Crippen MR) is 61.9 cm³/mol. The first-order chi connectivity index (χ1) is 8.69. The van der Waals surface area contributed by atoms with Crippen LogP contribution < -0.4 is 5.32 Å². The summed E-state index contributed by atoms with van der Waals surface area (Å²) in [7, 11) is 1.31. The minimum absolute atomic E-state index is 0.242. The van der Waals surface area contributed by atoms with E-state index < -0.39 is 5.97 Å². The van der Waals surface area contributed by atoms with Crippen LogP contribution in [0.4, 0.5) is 5.69 Å². The van der Waals surface area contributed by atoms with Gasteiger partial charge in [-0.05, 0) is 12.1 Å². The number of carbonyl (C=O) groups excluding carboxylic acids is 1. The lowest BCUT2D eigenvalue weighted by atomic mass is 10.3. The van der Waals surface area contributed by atoms with Crippen LogP contribution >= 0.6 is 0 Å². The summed E-state index contributed by atoms with van der Waals surface area (Å²) >= 11 is 0. The summed E-state index contributed by atoms with van der Waals surface area (Å²) in [6.07, 6.45) is 1.52. The fraction of sp³-hybridized carbons (Fsp3) is 0.273. The summed E-state index contributed by atoms with van der Waals surface area (Å²) < 4.78 is 9.43. The Labute approximate surface area is 103 Å². The van der Waals surface area contributed by atoms with Gasteiger partial charge in [-0.3, -0.25) is 0 Å². The van der Waals surface area contributed by atoms with Crippen molar-refractivity contribution in [2.75, 3.05) is 12.4 Å². The summed E-state index contributed by atoms with van der Waals surface area (Å²) in [5.74, 6) is 0.578. The molecule has 0 atom stereocenters.